The number of nitrogens with zero attached hydrogens (tertiary/aromatic N) is 5. The van der Waals surface area contributed by atoms with Gasteiger partial charge < -0.3 is 64.3 Å². The summed E-state index contributed by atoms with van der Waals surface area (Å²) in [6.07, 6.45) is 8.79. The normalized spacial score (nSPS) is 11.5. The van der Waals surface area contributed by atoms with Gasteiger partial charge in [-0.05, 0) is 39.2 Å². The van der Waals surface area contributed by atoms with Crippen molar-refractivity contribution in [2.24, 2.45) is 5.73 Å². The number of carbonyl (C=O) groups is 4. The Morgan fingerprint density at radius 1 is 0.712 bits per heavy atom. The zero-order valence-corrected chi connectivity index (χ0v) is 40.2. The van der Waals surface area contributed by atoms with E-state index in [-0.39, 0.29) is 37.4 Å². The van der Waals surface area contributed by atoms with Crippen LogP contribution in [0.15, 0.2) is 23.7 Å². The van der Waals surface area contributed by atoms with E-state index in [1.54, 1.807) is 23.3 Å². The fraction of sp³-hybridized carbons (Fsp3) is 0.714. The molecule has 0 fully saturated rings. The van der Waals surface area contributed by atoms with Gasteiger partial charge in [-0.1, -0.05) is 17.1 Å². The molecule has 0 saturated heterocycles. The van der Waals surface area contributed by atoms with Crippen LogP contribution in [-0.4, -0.2) is 202 Å². The predicted octanol–water partition coefficient (Wildman–Crippen LogP) is -0.450. The molecule has 66 heavy (non-hydrogen) atoms. The van der Waals surface area contributed by atoms with Gasteiger partial charge in [0.05, 0.1) is 137 Å². The van der Waals surface area contributed by atoms with Crippen molar-refractivity contribution in [1.82, 2.24) is 40.9 Å². The third-order valence-electron chi connectivity index (χ3n) is 8.60. The van der Waals surface area contributed by atoms with Crippen LogP contribution in [0.2, 0.25) is 0 Å². The Kier molecular flexibility index (Phi) is 36.8. The van der Waals surface area contributed by atoms with Crippen LogP contribution >= 0.6 is 10.1 Å². The van der Waals surface area contributed by atoms with Gasteiger partial charge in [0.25, 0.3) is 0 Å². The van der Waals surface area contributed by atoms with Gasteiger partial charge in [-0.15, -0.1) is 5.10 Å². The summed E-state index contributed by atoms with van der Waals surface area (Å²) in [5.41, 5.74) is 6.88. The van der Waals surface area contributed by atoms with Crippen molar-refractivity contribution in [2.45, 2.75) is 69.7 Å². The Hall–Kier alpha value is -3.66. The van der Waals surface area contributed by atoms with Crippen molar-refractivity contribution in [3.63, 3.8) is 0 Å². The van der Waals surface area contributed by atoms with E-state index in [0.29, 0.717) is 162 Å². The largest absolute Gasteiger partial charge is 0.377 e. The highest BCUT2D eigenvalue weighted by Crippen LogP contribution is 2.06. The molecule has 3 amide bonds. The average Bonchev–Trinajstić information content (AvgIpc) is 3.78. The number of carbonyl (C=O) groups excluding carboxylic acids is 4. The van der Waals surface area contributed by atoms with Crippen molar-refractivity contribution >= 4 is 48.8 Å². The first kappa shape index (κ1) is 58.5. The fourth-order valence-electron chi connectivity index (χ4n) is 5.21. The van der Waals surface area contributed by atoms with Gasteiger partial charge in [0.1, 0.15) is 18.9 Å². The zero-order valence-electron chi connectivity index (χ0n) is 38.2. The molecule has 0 bridgehead atoms. The summed E-state index contributed by atoms with van der Waals surface area (Å²) in [4.78, 5) is 56.1. The molecule has 0 aromatic carbocycles. The number of nitrogens with one attached hydrogen (secondary N) is 3. The number of nitrogens with two attached hydrogens (primary N) is 1. The van der Waals surface area contributed by atoms with Crippen molar-refractivity contribution in [2.75, 3.05) is 132 Å². The van der Waals surface area contributed by atoms with Gasteiger partial charge in [-0.2, -0.15) is 0 Å². The summed E-state index contributed by atoms with van der Waals surface area (Å²) in [6.45, 7) is 9.27. The van der Waals surface area contributed by atoms with Crippen LogP contribution in [0.5, 0.6) is 0 Å². The van der Waals surface area contributed by atoms with Crippen LogP contribution in [0.1, 0.15) is 56.7 Å². The highest BCUT2D eigenvalue weighted by atomic mass is 32.3. The lowest BCUT2D eigenvalue weighted by Crippen LogP contribution is -2.42. The summed E-state index contributed by atoms with van der Waals surface area (Å²) >= 11 is 2.50. The molecule has 0 spiro atoms. The van der Waals surface area contributed by atoms with Crippen molar-refractivity contribution < 1.29 is 61.8 Å². The third-order valence-corrected chi connectivity index (χ3v) is 9.66. The predicted molar refractivity (Wildman–Crippen MR) is 242 cm³/mol. The Balaban J connectivity index is 1.24. The lowest BCUT2D eigenvalue weighted by atomic mass is 10.1. The van der Waals surface area contributed by atoms with E-state index in [1.807, 2.05) is 0 Å². The van der Waals surface area contributed by atoms with Crippen LogP contribution in [0.4, 0.5) is 0 Å². The molecule has 2 aromatic rings. The summed E-state index contributed by atoms with van der Waals surface area (Å²) in [6, 6.07) is -0.580. The first-order chi connectivity index (χ1) is 32.3. The Labute approximate surface area is 399 Å². The highest BCUT2D eigenvalue weighted by Gasteiger charge is 2.17. The minimum absolute atomic E-state index is 0.0649. The molecule has 368 valence electrons. The SMILES string of the molecule is CC(=O)[C@H](CCCCN)NC(=O)COCC(=O)NCCOCCOCCOCCOCCOCCOCCOCCOCCn1cc(CNC(=O)CCCC#Cc2cnc([S][Al])nc2)nn1. The van der Waals surface area contributed by atoms with Crippen LogP contribution in [0, 0.1) is 11.8 Å². The fourth-order valence-corrected chi connectivity index (χ4v) is 5.80. The average molecular weight is 966 g/mol. The highest BCUT2D eigenvalue weighted by molar-refractivity contribution is 8.19. The molecule has 2 radical (unpaired) electrons. The quantitative estimate of drug-likeness (QED) is 0.0284. The molecule has 24 heteroatoms. The van der Waals surface area contributed by atoms with Gasteiger partial charge in [-0.25, -0.2) is 24.8 Å². The Morgan fingerprint density at radius 2 is 1.26 bits per heavy atom. The molecule has 2 rings (SSSR count). The molecule has 0 aliphatic heterocycles. The molecule has 0 aliphatic rings. The van der Waals surface area contributed by atoms with E-state index in [0.717, 1.165) is 18.4 Å². The number of amides is 3. The van der Waals surface area contributed by atoms with E-state index in [4.69, 9.17) is 48.4 Å². The van der Waals surface area contributed by atoms with E-state index >= 15 is 0 Å². The van der Waals surface area contributed by atoms with E-state index < -0.39 is 11.9 Å². The molecular formula is C42H68AlN9O13S. The van der Waals surface area contributed by atoms with Gasteiger partial charge in [0, 0.05) is 31.8 Å². The molecule has 0 unspecified atom stereocenters. The standard InChI is InChI=1S/C42H69N9O13S.Al/c1-35(52)38(8-5-6-10-43)48-41(55)34-64-33-40(54)44-11-13-56-15-17-58-19-21-60-23-25-62-27-28-63-26-24-61-22-20-59-18-16-57-14-12-51-32-37(49-50-51)31-45-39(53)9-4-2-3-7-36-29-46-42(65)47-30-36;/h29-30,32,38H,2,4-6,8-28,31,33-34,43H2,1H3,(H,44,54)(H,45,53)(H,48,55)(H,46,47,65);/q;+1/p-1/t38-;/m0./s1. The number of hydrogen-bond acceptors (Lipinski definition) is 19. The topological polar surface area (TPSA) is 270 Å². The van der Waals surface area contributed by atoms with Crippen LogP contribution in [0.3, 0.4) is 0 Å². The van der Waals surface area contributed by atoms with Crippen molar-refractivity contribution in [3.05, 3.63) is 29.8 Å². The molecular weight excluding hydrogens is 898 g/mol. The monoisotopic (exact) mass is 965 g/mol. The van der Waals surface area contributed by atoms with Crippen LogP contribution in [0.25, 0.3) is 0 Å². The second-order valence-electron chi connectivity index (χ2n) is 14.0. The summed E-state index contributed by atoms with van der Waals surface area (Å²) in [5, 5.41) is 17.0. The number of unbranched alkanes of at least 4 members (excludes halogenated alkanes) is 2. The van der Waals surface area contributed by atoms with Crippen molar-refractivity contribution in [1.29, 1.82) is 0 Å². The number of ketones is 1. The molecule has 0 aliphatic carbocycles. The Bertz CT molecular complexity index is 1640. The first-order valence-corrected chi connectivity index (χ1v) is 24.4. The lowest BCUT2D eigenvalue weighted by Gasteiger charge is -2.15. The molecule has 5 N–H and O–H groups in total. The van der Waals surface area contributed by atoms with Crippen LogP contribution in [-0.2, 0) is 74.9 Å². The number of rotatable bonds is 43. The molecule has 2 heterocycles. The molecule has 2 aromatic heterocycles. The molecule has 22 nitrogen and oxygen atoms in total. The lowest BCUT2D eigenvalue weighted by molar-refractivity contribution is -0.133. The van der Waals surface area contributed by atoms with Gasteiger partial charge in [0.2, 0.25) is 32.9 Å². The first-order valence-electron chi connectivity index (χ1n) is 22.1. The van der Waals surface area contributed by atoms with Gasteiger partial charge >= 0.3 is 0 Å². The minimum atomic E-state index is -0.580. The third kappa shape index (κ3) is 33.8. The second kappa shape index (κ2) is 41.5. The second-order valence-corrected chi connectivity index (χ2v) is 15.3. The number of aromatic nitrogens is 5. The smallest absolute Gasteiger partial charge is 0.246 e. The zero-order chi connectivity index (χ0) is 47.6. The van der Waals surface area contributed by atoms with E-state index in [1.165, 1.54) is 17.1 Å². The molecule has 0 saturated carbocycles. The molecule has 1 atom stereocenters. The van der Waals surface area contributed by atoms with Gasteiger partial charge in [-0.3, -0.25) is 19.2 Å². The number of hydrogen-bond donors (Lipinski definition) is 4. The maximum atomic E-state index is 12.2. The van der Waals surface area contributed by atoms with Gasteiger partial charge in [0.15, 0.2) is 10.9 Å². The number of Topliss-reactive ketones (excluding diaryl/α,β-unsaturated/α-hetero) is 1. The van der Waals surface area contributed by atoms with E-state index in [2.05, 4.69) is 63.2 Å². The summed E-state index contributed by atoms with van der Waals surface area (Å²) < 4.78 is 50.8. The maximum Gasteiger partial charge on any atom is 0.246 e. The maximum absolute atomic E-state index is 12.2. The Morgan fingerprint density at radius 3 is 1.80 bits per heavy atom. The summed E-state index contributed by atoms with van der Waals surface area (Å²) in [7, 11) is 1.39. The van der Waals surface area contributed by atoms with Crippen molar-refractivity contribution in [3.8, 4) is 11.8 Å². The van der Waals surface area contributed by atoms with E-state index in [9.17, 15) is 19.2 Å². The summed E-state index contributed by atoms with van der Waals surface area (Å²) in [5.74, 6) is 5.02. The number of ether oxygens (including phenoxy) is 9. The minimum Gasteiger partial charge on any atom is -0.377 e. The van der Waals surface area contributed by atoms with Crippen LogP contribution < -0.4 is 21.7 Å².